The molecular formula is C12H18ClNO. The molecule has 2 N–H and O–H groups in total. The number of rotatable bonds is 4. The Kier molecular flexibility index (Phi) is 4.43. The number of hydrogen-bond acceptors (Lipinski definition) is 2. The van der Waals surface area contributed by atoms with E-state index in [0.717, 1.165) is 12.2 Å². The number of nitrogens with two attached hydrogens (primary N) is 1. The van der Waals surface area contributed by atoms with Gasteiger partial charge in [-0.1, -0.05) is 25.4 Å². The predicted octanol–water partition coefficient (Wildman–Crippen LogP) is 2.97. The molecular weight excluding hydrogens is 210 g/mol. The lowest BCUT2D eigenvalue weighted by Gasteiger charge is -2.15. The minimum absolute atomic E-state index is 0.456. The van der Waals surface area contributed by atoms with Crippen molar-refractivity contribution in [1.29, 1.82) is 0 Å². The maximum absolute atomic E-state index is 6.08. The minimum Gasteiger partial charge on any atom is -0.495 e. The molecule has 0 aliphatic heterocycles. The number of hydrogen-bond donors (Lipinski definition) is 1. The summed E-state index contributed by atoms with van der Waals surface area (Å²) < 4.78 is 5.21. The van der Waals surface area contributed by atoms with Crippen molar-refractivity contribution >= 4 is 11.6 Å². The fourth-order valence-electron chi connectivity index (χ4n) is 1.68. The first-order valence-electron chi connectivity index (χ1n) is 5.16. The molecule has 0 spiro atoms. The average Bonchev–Trinajstić information content (AvgIpc) is 2.18. The summed E-state index contributed by atoms with van der Waals surface area (Å²) in [6, 6.07) is 3.97. The van der Waals surface area contributed by atoms with E-state index in [1.54, 1.807) is 7.11 Å². The van der Waals surface area contributed by atoms with Crippen molar-refractivity contribution in [2.75, 3.05) is 13.7 Å². The van der Waals surface area contributed by atoms with E-state index in [4.69, 9.17) is 22.1 Å². The molecule has 0 saturated heterocycles. The first kappa shape index (κ1) is 12.3. The summed E-state index contributed by atoms with van der Waals surface area (Å²) in [5.74, 6) is 1.19. The summed E-state index contributed by atoms with van der Waals surface area (Å²) in [5.41, 5.74) is 8.06. The molecule has 0 unspecified atom stereocenters. The third-order valence-corrected chi connectivity index (χ3v) is 2.74. The molecule has 0 amide bonds. The van der Waals surface area contributed by atoms with Gasteiger partial charge in [-0.3, -0.25) is 0 Å². The molecule has 0 bridgehead atoms. The number of ether oxygens (including phenoxy) is 1. The molecule has 0 aliphatic rings. The highest BCUT2D eigenvalue weighted by Crippen LogP contribution is 2.31. The van der Waals surface area contributed by atoms with Gasteiger partial charge in [0.05, 0.1) is 12.1 Å². The van der Waals surface area contributed by atoms with Crippen molar-refractivity contribution < 1.29 is 4.74 Å². The van der Waals surface area contributed by atoms with Gasteiger partial charge in [-0.2, -0.15) is 0 Å². The number of methoxy groups -OCH3 is 1. The fourth-order valence-corrected chi connectivity index (χ4v) is 1.94. The zero-order valence-corrected chi connectivity index (χ0v) is 10.3. The molecule has 15 heavy (non-hydrogen) atoms. The predicted molar refractivity (Wildman–Crippen MR) is 64.9 cm³/mol. The third-order valence-electron chi connectivity index (χ3n) is 2.45. The summed E-state index contributed by atoms with van der Waals surface area (Å²) in [7, 11) is 1.63. The first-order valence-corrected chi connectivity index (χ1v) is 5.54. The van der Waals surface area contributed by atoms with Gasteiger partial charge < -0.3 is 10.5 Å². The van der Waals surface area contributed by atoms with Crippen molar-refractivity contribution in [2.45, 2.75) is 26.2 Å². The Morgan fingerprint density at radius 2 is 2.07 bits per heavy atom. The minimum atomic E-state index is 0.456. The second-order valence-corrected chi connectivity index (χ2v) is 4.29. The molecule has 1 aromatic carbocycles. The molecule has 3 heteroatoms. The lowest BCUT2D eigenvalue weighted by molar-refractivity contribution is 0.414. The van der Waals surface area contributed by atoms with Gasteiger partial charge in [-0.05, 0) is 42.1 Å². The second kappa shape index (κ2) is 5.38. The van der Waals surface area contributed by atoms with Gasteiger partial charge >= 0.3 is 0 Å². The Balaban J connectivity index is 3.19. The Labute approximate surface area is 96.4 Å². The van der Waals surface area contributed by atoms with Gasteiger partial charge in [-0.25, -0.2) is 0 Å². The van der Waals surface area contributed by atoms with Crippen LogP contribution in [0.15, 0.2) is 12.1 Å². The largest absolute Gasteiger partial charge is 0.495 e. The zero-order chi connectivity index (χ0) is 11.4. The van der Waals surface area contributed by atoms with Crippen LogP contribution in [-0.4, -0.2) is 13.7 Å². The van der Waals surface area contributed by atoms with Crippen LogP contribution in [-0.2, 0) is 6.42 Å². The van der Waals surface area contributed by atoms with Crippen LogP contribution in [0.2, 0.25) is 5.02 Å². The molecule has 0 aliphatic carbocycles. The van der Waals surface area contributed by atoms with Crippen LogP contribution in [0.5, 0.6) is 5.75 Å². The van der Waals surface area contributed by atoms with E-state index in [0.29, 0.717) is 17.5 Å². The van der Waals surface area contributed by atoms with Crippen LogP contribution < -0.4 is 10.5 Å². The molecule has 1 rings (SSSR count). The Hall–Kier alpha value is -0.730. The highest BCUT2D eigenvalue weighted by atomic mass is 35.5. The van der Waals surface area contributed by atoms with Crippen molar-refractivity contribution in [2.24, 2.45) is 5.73 Å². The normalized spacial score (nSPS) is 10.8. The molecule has 2 nitrogen and oxygen atoms in total. The van der Waals surface area contributed by atoms with Gasteiger partial charge in [0.25, 0.3) is 0 Å². The van der Waals surface area contributed by atoms with Crippen molar-refractivity contribution in [3.8, 4) is 5.75 Å². The summed E-state index contributed by atoms with van der Waals surface area (Å²) in [4.78, 5) is 0. The second-order valence-electron chi connectivity index (χ2n) is 3.88. The SMILES string of the molecule is COc1cc(C(C)C)c(CCN)cc1Cl. The van der Waals surface area contributed by atoms with Crippen LogP contribution in [0.25, 0.3) is 0 Å². The Bertz CT molecular complexity index is 337. The smallest absolute Gasteiger partial charge is 0.137 e. The Morgan fingerprint density at radius 1 is 1.40 bits per heavy atom. The Morgan fingerprint density at radius 3 is 2.53 bits per heavy atom. The molecule has 0 saturated carbocycles. The number of halogens is 1. The maximum atomic E-state index is 6.08. The van der Waals surface area contributed by atoms with Gasteiger partial charge in [0.1, 0.15) is 5.75 Å². The van der Waals surface area contributed by atoms with E-state index >= 15 is 0 Å². The summed E-state index contributed by atoms with van der Waals surface area (Å²) in [6.45, 7) is 4.95. The summed E-state index contributed by atoms with van der Waals surface area (Å²) >= 11 is 6.08. The molecule has 0 heterocycles. The van der Waals surface area contributed by atoms with Crippen molar-refractivity contribution in [3.63, 3.8) is 0 Å². The van der Waals surface area contributed by atoms with Crippen LogP contribution >= 0.6 is 11.6 Å². The molecule has 0 fully saturated rings. The monoisotopic (exact) mass is 227 g/mol. The third kappa shape index (κ3) is 2.86. The summed E-state index contributed by atoms with van der Waals surface area (Å²) in [5, 5.41) is 0.658. The highest BCUT2D eigenvalue weighted by molar-refractivity contribution is 6.32. The molecule has 0 atom stereocenters. The van der Waals surface area contributed by atoms with E-state index in [2.05, 4.69) is 13.8 Å². The van der Waals surface area contributed by atoms with Gasteiger partial charge in [0, 0.05) is 0 Å². The lowest BCUT2D eigenvalue weighted by Crippen LogP contribution is -2.06. The summed E-state index contributed by atoms with van der Waals surface area (Å²) in [6.07, 6.45) is 0.858. The number of benzene rings is 1. The molecule has 1 aromatic rings. The highest BCUT2D eigenvalue weighted by Gasteiger charge is 2.11. The van der Waals surface area contributed by atoms with Crippen LogP contribution in [0.4, 0.5) is 0 Å². The molecule has 0 radical (unpaired) electrons. The van der Waals surface area contributed by atoms with Gasteiger partial charge in [0.2, 0.25) is 0 Å². The van der Waals surface area contributed by atoms with Crippen LogP contribution in [0.1, 0.15) is 30.9 Å². The zero-order valence-electron chi connectivity index (χ0n) is 9.51. The first-order chi connectivity index (χ1) is 7.10. The van der Waals surface area contributed by atoms with Crippen molar-refractivity contribution in [3.05, 3.63) is 28.3 Å². The lowest BCUT2D eigenvalue weighted by atomic mass is 9.95. The van der Waals surface area contributed by atoms with E-state index in [1.165, 1.54) is 11.1 Å². The van der Waals surface area contributed by atoms with E-state index < -0.39 is 0 Å². The standard InChI is InChI=1S/C12H18ClNO/c1-8(2)10-7-12(15-3)11(13)6-9(10)4-5-14/h6-8H,4-5,14H2,1-3H3. The maximum Gasteiger partial charge on any atom is 0.137 e. The van der Waals surface area contributed by atoms with E-state index in [1.807, 2.05) is 12.1 Å². The average molecular weight is 228 g/mol. The fraction of sp³-hybridized carbons (Fsp3) is 0.500. The molecule has 0 aromatic heterocycles. The van der Waals surface area contributed by atoms with E-state index in [-0.39, 0.29) is 0 Å². The van der Waals surface area contributed by atoms with Gasteiger partial charge in [0.15, 0.2) is 0 Å². The van der Waals surface area contributed by atoms with Crippen LogP contribution in [0.3, 0.4) is 0 Å². The molecule has 84 valence electrons. The topological polar surface area (TPSA) is 35.2 Å². The van der Waals surface area contributed by atoms with Gasteiger partial charge in [-0.15, -0.1) is 0 Å². The van der Waals surface area contributed by atoms with Crippen LogP contribution in [0, 0.1) is 0 Å². The van der Waals surface area contributed by atoms with Crippen molar-refractivity contribution in [1.82, 2.24) is 0 Å². The quantitative estimate of drug-likeness (QED) is 0.859. The van der Waals surface area contributed by atoms with E-state index in [9.17, 15) is 0 Å².